The molecule has 9 heavy (non-hydrogen) atoms. The summed E-state index contributed by atoms with van der Waals surface area (Å²) < 4.78 is 21.5. The van der Waals surface area contributed by atoms with Crippen LogP contribution in [0, 0.1) is 0 Å². The highest BCUT2D eigenvalue weighted by Crippen LogP contribution is 2.06. The van der Waals surface area contributed by atoms with Crippen molar-refractivity contribution in [1.82, 2.24) is 0 Å². The molecule has 0 spiro atoms. The first-order chi connectivity index (χ1) is 4.17. The first kappa shape index (κ1) is 6.82. The van der Waals surface area contributed by atoms with Gasteiger partial charge in [-0.2, -0.15) is 12.6 Å². The molecule has 1 aliphatic rings. The van der Waals surface area contributed by atoms with Crippen LogP contribution in [0.5, 0.6) is 0 Å². The molecule has 0 aromatic heterocycles. The minimum absolute atomic E-state index is 0.130. The summed E-state index contributed by atoms with van der Waals surface area (Å²) >= 11 is 3.78. The van der Waals surface area contributed by atoms with E-state index in [1.165, 1.54) is 6.20 Å². The van der Waals surface area contributed by atoms with Crippen LogP contribution < -0.4 is 0 Å². The molecule has 0 aliphatic carbocycles. The van der Waals surface area contributed by atoms with Gasteiger partial charge in [0.05, 0.1) is 5.41 Å². The Labute approximate surface area is 58.8 Å². The van der Waals surface area contributed by atoms with Gasteiger partial charge in [-0.25, -0.2) is 13.4 Å². The van der Waals surface area contributed by atoms with Crippen LogP contribution in [0.4, 0.5) is 0 Å². The van der Waals surface area contributed by atoms with E-state index in [0.29, 0.717) is 0 Å². The number of nitrogens with zero attached hydrogens (tertiary/aromatic N) is 1. The zero-order valence-corrected chi connectivity index (χ0v) is 6.19. The van der Waals surface area contributed by atoms with Crippen LogP contribution in [-0.2, 0) is 9.84 Å². The molecule has 0 atom stereocenters. The van der Waals surface area contributed by atoms with E-state index >= 15 is 0 Å². The third kappa shape index (κ3) is 1.16. The summed E-state index contributed by atoms with van der Waals surface area (Å²) in [6.07, 6.45) is 1.26. The third-order valence-electron chi connectivity index (χ3n) is 0.922. The van der Waals surface area contributed by atoms with E-state index in [-0.39, 0.29) is 10.8 Å². The van der Waals surface area contributed by atoms with Gasteiger partial charge in [-0.3, -0.25) is 0 Å². The smallest absolute Gasteiger partial charge is 0.215 e. The Bertz CT molecular complexity index is 262. The zero-order valence-electron chi connectivity index (χ0n) is 4.48. The lowest BCUT2D eigenvalue weighted by atomic mass is 10.8. The van der Waals surface area contributed by atoms with Crippen molar-refractivity contribution in [2.24, 2.45) is 4.99 Å². The van der Waals surface area contributed by atoms with Gasteiger partial charge < -0.3 is 0 Å². The summed E-state index contributed by atoms with van der Waals surface area (Å²) in [4.78, 5) is 3.58. The minimum atomic E-state index is -3.14. The van der Waals surface area contributed by atoms with E-state index in [9.17, 15) is 8.42 Å². The second kappa shape index (κ2) is 2.15. The summed E-state index contributed by atoms with van der Waals surface area (Å²) in [7, 11) is -3.14. The fraction of sp³-hybridized carbons (Fsp3) is 0.250. The molecule has 0 saturated carbocycles. The molecule has 0 fully saturated rings. The summed E-state index contributed by atoms with van der Waals surface area (Å²) in [5.41, 5.74) is 0. The van der Waals surface area contributed by atoms with E-state index < -0.39 is 9.84 Å². The molecule has 0 radical (unpaired) electrons. The second-order valence-corrected chi connectivity index (χ2v) is 3.66. The number of thiol groups is 1. The molecule has 0 aromatic rings. The van der Waals surface area contributed by atoms with Crippen molar-refractivity contribution in [3.8, 4) is 0 Å². The van der Waals surface area contributed by atoms with E-state index in [4.69, 9.17) is 0 Å². The van der Waals surface area contributed by atoms with Gasteiger partial charge in [-0.1, -0.05) is 0 Å². The molecule has 0 bridgehead atoms. The summed E-state index contributed by atoms with van der Waals surface area (Å²) in [5, 5.41) is 1.20. The van der Waals surface area contributed by atoms with Gasteiger partial charge in [-0.05, 0) is 0 Å². The minimum Gasteiger partial charge on any atom is -0.247 e. The van der Waals surface area contributed by atoms with Crippen LogP contribution in [0.15, 0.2) is 16.6 Å². The van der Waals surface area contributed by atoms with Gasteiger partial charge in [0.1, 0.15) is 5.04 Å². The summed E-state index contributed by atoms with van der Waals surface area (Å²) in [6.45, 7) is 0. The van der Waals surface area contributed by atoms with E-state index in [1.54, 1.807) is 0 Å². The number of rotatable bonds is 1. The molecule has 3 nitrogen and oxygen atoms in total. The van der Waals surface area contributed by atoms with Crippen molar-refractivity contribution in [3.05, 3.63) is 11.6 Å². The molecule has 1 rings (SSSR count). The molecule has 0 aromatic carbocycles. The van der Waals surface area contributed by atoms with Crippen molar-refractivity contribution >= 4 is 27.5 Å². The van der Waals surface area contributed by atoms with Gasteiger partial charge >= 0.3 is 0 Å². The van der Waals surface area contributed by atoms with E-state index in [2.05, 4.69) is 17.6 Å². The van der Waals surface area contributed by atoms with E-state index in [1.807, 2.05) is 0 Å². The van der Waals surface area contributed by atoms with Crippen LogP contribution in [0.25, 0.3) is 0 Å². The van der Waals surface area contributed by atoms with Gasteiger partial charge in [0.2, 0.25) is 9.84 Å². The summed E-state index contributed by atoms with van der Waals surface area (Å²) in [5.74, 6) is 0.176. The molecule has 50 valence electrons. The lowest BCUT2D eigenvalue weighted by Crippen LogP contribution is -2.09. The normalized spacial score (nSPS) is 22.1. The molecule has 5 heteroatoms. The molecule has 0 amide bonds. The maximum Gasteiger partial charge on any atom is 0.215 e. The molecule has 1 heterocycles. The predicted octanol–water partition coefficient (Wildman–Crippen LogP) is 0.214. The largest absolute Gasteiger partial charge is 0.247 e. The zero-order chi connectivity index (χ0) is 6.91. The molecule has 1 aliphatic heterocycles. The molecule has 0 saturated heterocycles. The Hall–Kier alpha value is -0.290. The van der Waals surface area contributed by atoms with Crippen LogP contribution in [0.2, 0.25) is 0 Å². The third-order valence-corrected chi connectivity index (χ3v) is 2.82. The van der Waals surface area contributed by atoms with Crippen molar-refractivity contribution in [2.75, 3.05) is 5.75 Å². The van der Waals surface area contributed by atoms with Crippen LogP contribution >= 0.6 is 12.6 Å². The number of hydrogen-bond acceptors (Lipinski definition) is 4. The van der Waals surface area contributed by atoms with Gasteiger partial charge in [0.15, 0.2) is 0 Å². The first-order valence-electron chi connectivity index (χ1n) is 2.26. The second-order valence-electron chi connectivity index (χ2n) is 1.51. The van der Waals surface area contributed by atoms with Gasteiger partial charge in [0.25, 0.3) is 0 Å². The van der Waals surface area contributed by atoms with Crippen molar-refractivity contribution in [1.29, 1.82) is 0 Å². The lowest BCUT2D eigenvalue weighted by molar-refractivity contribution is 0.615. The van der Waals surface area contributed by atoms with Crippen molar-refractivity contribution in [2.45, 2.75) is 0 Å². The standard InChI is InChI=1S/C4H5NO2S2/c6-9(7)2-1-5-4(9)3-8/h1-2,8H,3H2. The fourth-order valence-electron chi connectivity index (χ4n) is 0.476. The molecule has 0 N–H and O–H groups in total. The predicted molar refractivity (Wildman–Crippen MR) is 39.3 cm³/mol. The Morgan fingerprint density at radius 1 is 1.67 bits per heavy atom. The summed E-state index contributed by atoms with van der Waals surface area (Å²) in [6, 6.07) is 0. The Kier molecular flexibility index (Phi) is 1.63. The highest BCUT2D eigenvalue weighted by atomic mass is 32.2. The first-order valence-corrected chi connectivity index (χ1v) is 4.44. The quantitative estimate of drug-likeness (QED) is 0.562. The number of aliphatic imine (C=N–C) groups is 1. The maximum atomic E-state index is 10.7. The van der Waals surface area contributed by atoms with Crippen molar-refractivity contribution in [3.63, 3.8) is 0 Å². The molecular formula is C4H5NO2S2. The lowest BCUT2D eigenvalue weighted by Gasteiger charge is -1.89. The number of hydrogen-bond donors (Lipinski definition) is 1. The highest BCUT2D eigenvalue weighted by molar-refractivity contribution is 8.10. The monoisotopic (exact) mass is 163 g/mol. The SMILES string of the molecule is O=S1(=O)C=CN=C1CS. The Balaban J connectivity index is 3.07. The van der Waals surface area contributed by atoms with E-state index in [0.717, 1.165) is 5.41 Å². The average molecular weight is 163 g/mol. The maximum absolute atomic E-state index is 10.7. The van der Waals surface area contributed by atoms with Gasteiger partial charge in [0, 0.05) is 12.0 Å². The van der Waals surface area contributed by atoms with Gasteiger partial charge in [-0.15, -0.1) is 0 Å². The van der Waals surface area contributed by atoms with Crippen LogP contribution in [0.3, 0.4) is 0 Å². The molecule has 0 unspecified atom stereocenters. The van der Waals surface area contributed by atoms with Crippen LogP contribution in [-0.4, -0.2) is 19.2 Å². The number of sulfone groups is 1. The van der Waals surface area contributed by atoms with Crippen molar-refractivity contribution < 1.29 is 8.42 Å². The highest BCUT2D eigenvalue weighted by Gasteiger charge is 2.17. The Morgan fingerprint density at radius 3 is 2.56 bits per heavy atom. The fourth-order valence-corrected chi connectivity index (χ4v) is 1.86. The topological polar surface area (TPSA) is 46.5 Å². The Morgan fingerprint density at radius 2 is 2.33 bits per heavy atom. The molecular weight excluding hydrogens is 158 g/mol. The average Bonchev–Trinajstić information content (AvgIpc) is 2.08. The van der Waals surface area contributed by atoms with Crippen LogP contribution in [0.1, 0.15) is 0 Å².